The quantitative estimate of drug-likeness (QED) is 0.350. The Kier molecular flexibility index (Phi) is 7.94. The van der Waals surface area contributed by atoms with Gasteiger partial charge in [-0.25, -0.2) is 0 Å². The summed E-state index contributed by atoms with van der Waals surface area (Å²) < 4.78 is 19.8. The summed E-state index contributed by atoms with van der Waals surface area (Å²) in [5.74, 6) is 1.47. The first-order chi connectivity index (χ1) is 20.4. The molecule has 0 fully saturated rings. The molecule has 3 atom stereocenters. The first-order valence-corrected chi connectivity index (χ1v) is 14.6. The van der Waals surface area contributed by atoms with E-state index in [2.05, 4.69) is 49.2 Å². The molecule has 1 amide bonds. The number of aliphatic hydroxyl groups is 1. The van der Waals surface area contributed by atoms with Crippen molar-refractivity contribution in [3.63, 3.8) is 0 Å². The van der Waals surface area contributed by atoms with Crippen LogP contribution in [0.15, 0.2) is 66.7 Å². The van der Waals surface area contributed by atoms with E-state index in [1.807, 2.05) is 59.8 Å². The van der Waals surface area contributed by atoms with Gasteiger partial charge in [-0.3, -0.25) is 9.69 Å². The number of hydrogen-bond donors (Lipinski definition) is 1. The van der Waals surface area contributed by atoms with Crippen LogP contribution < -0.4 is 9.47 Å². The van der Waals surface area contributed by atoms with Crippen LogP contribution in [0.2, 0.25) is 0 Å². The van der Waals surface area contributed by atoms with Gasteiger partial charge in [0.05, 0.1) is 25.4 Å². The Morgan fingerprint density at radius 2 is 1.81 bits per heavy atom. The lowest BCUT2D eigenvalue weighted by Gasteiger charge is -2.35. The highest BCUT2D eigenvalue weighted by molar-refractivity contribution is 6.10. The summed E-state index contributed by atoms with van der Waals surface area (Å²) in [5, 5.41) is 11.3. The third-order valence-electron chi connectivity index (χ3n) is 8.61. The van der Waals surface area contributed by atoms with E-state index in [0.717, 1.165) is 44.7 Å². The molecule has 8 heteroatoms. The van der Waals surface area contributed by atoms with Crippen LogP contribution >= 0.6 is 0 Å². The third kappa shape index (κ3) is 5.26. The molecule has 1 aromatic heterocycles. The van der Waals surface area contributed by atoms with E-state index in [4.69, 9.17) is 14.2 Å². The van der Waals surface area contributed by atoms with Gasteiger partial charge in [0, 0.05) is 49.1 Å². The number of carbonyl (C=O) groups is 1. The van der Waals surface area contributed by atoms with Crippen LogP contribution in [0.25, 0.3) is 22.0 Å². The summed E-state index contributed by atoms with van der Waals surface area (Å²) in [7, 11) is 4.04. The Bertz CT molecular complexity index is 1600. The fraction of sp³-hybridized carbons (Fsp3) is 0.382. The van der Waals surface area contributed by atoms with Crippen molar-refractivity contribution in [3.05, 3.63) is 83.6 Å². The smallest absolute Gasteiger partial charge is 0.271 e. The van der Waals surface area contributed by atoms with Crippen LogP contribution in [0.5, 0.6) is 11.5 Å². The van der Waals surface area contributed by atoms with Gasteiger partial charge in [-0.15, -0.1) is 0 Å². The molecule has 0 radical (unpaired) electrons. The van der Waals surface area contributed by atoms with Crippen molar-refractivity contribution >= 4 is 16.8 Å². The number of nitrogens with zero attached hydrogens (tertiary/aromatic N) is 3. The SMILES string of the molecule is C[C@@H]1CN([C@@H](C)CO)C(=O)c2c(c3ccccc3n2C)-c2ccccc2CO[C@H]1CN(C)Cc1ccc2c(c1)OCO2. The molecule has 3 heterocycles. The number of para-hydroxylation sites is 1. The zero-order valence-corrected chi connectivity index (χ0v) is 24.7. The number of ether oxygens (including phenoxy) is 3. The van der Waals surface area contributed by atoms with Crippen molar-refractivity contribution < 1.29 is 24.1 Å². The number of amides is 1. The Hall–Kier alpha value is -3.85. The number of fused-ring (bicyclic) bond motifs is 6. The summed E-state index contributed by atoms with van der Waals surface area (Å²) >= 11 is 0. The lowest BCUT2D eigenvalue weighted by atomic mass is 9.96. The van der Waals surface area contributed by atoms with Crippen molar-refractivity contribution in [3.8, 4) is 22.6 Å². The summed E-state index contributed by atoms with van der Waals surface area (Å²) in [4.78, 5) is 18.6. The predicted molar refractivity (Wildman–Crippen MR) is 163 cm³/mol. The predicted octanol–water partition coefficient (Wildman–Crippen LogP) is 5.06. The second kappa shape index (κ2) is 11.8. The van der Waals surface area contributed by atoms with E-state index in [9.17, 15) is 9.90 Å². The molecule has 0 saturated carbocycles. The van der Waals surface area contributed by atoms with Crippen LogP contribution in [0.4, 0.5) is 0 Å². The number of carbonyl (C=O) groups excluding carboxylic acids is 1. The Morgan fingerprint density at radius 1 is 1.05 bits per heavy atom. The maximum atomic E-state index is 14.5. The summed E-state index contributed by atoms with van der Waals surface area (Å²) in [6.45, 7) is 6.44. The molecule has 0 saturated heterocycles. The van der Waals surface area contributed by atoms with Gasteiger partial charge in [0.25, 0.3) is 5.91 Å². The standard InChI is InChI=1S/C34H39N3O5/c1-22-16-37(23(2)19-38)34(39)33-32(27-11-7-8-12-28(27)36(33)4)26-10-6-5-9-25(26)20-40-31(22)18-35(3)17-24-13-14-29-30(15-24)42-21-41-29/h5-15,22-23,31,38H,16-21H2,1-4H3/t22-,23+,31+/m1/s1. The fourth-order valence-corrected chi connectivity index (χ4v) is 6.25. The Labute approximate surface area is 247 Å². The summed E-state index contributed by atoms with van der Waals surface area (Å²) in [6.07, 6.45) is -0.156. The average Bonchev–Trinajstić information content (AvgIpc) is 3.58. The zero-order chi connectivity index (χ0) is 29.4. The maximum absolute atomic E-state index is 14.5. The Balaban J connectivity index is 1.37. The molecular formula is C34H39N3O5. The topological polar surface area (TPSA) is 76.4 Å². The first-order valence-electron chi connectivity index (χ1n) is 14.6. The normalized spacial score (nSPS) is 19.5. The number of hydrogen-bond acceptors (Lipinski definition) is 6. The highest BCUT2D eigenvalue weighted by Crippen LogP contribution is 2.38. The van der Waals surface area contributed by atoms with Crippen LogP contribution in [-0.2, 0) is 24.9 Å². The van der Waals surface area contributed by atoms with Crippen LogP contribution in [0.1, 0.15) is 35.5 Å². The molecule has 8 nitrogen and oxygen atoms in total. The molecule has 0 unspecified atom stereocenters. The van der Waals surface area contributed by atoms with Gasteiger partial charge in [0.2, 0.25) is 6.79 Å². The van der Waals surface area contributed by atoms with Crippen molar-refractivity contribution in [2.75, 3.05) is 33.5 Å². The molecule has 1 N–H and O–H groups in total. The molecule has 0 bridgehead atoms. The van der Waals surface area contributed by atoms with E-state index in [-0.39, 0.29) is 37.4 Å². The van der Waals surface area contributed by atoms with Crippen molar-refractivity contribution in [1.82, 2.24) is 14.4 Å². The minimum atomic E-state index is -0.353. The van der Waals surface area contributed by atoms with Crippen molar-refractivity contribution in [1.29, 1.82) is 0 Å². The number of rotatable bonds is 6. The molecule has 0 spiro atoms. The first kappa shape index (κ1) is 28.3. The molecule has 4 aromatic rings. The second-order valence-electron chi connectivity index (χ2n) is 11.7. The van der Waals surface area contributed by atoms with Gasteiger partial charge in [0.15, 0.2) is 11.5 Å². The van der Waals surface area contributed by atoms with Crippen molar-refractivity contribution in [2.45, 2.75) is 39.1 Å². The number of likely N-dealkylation sites (N-methyl/N-ethyl adjacent to an activating group) is 1. The highest BCUT2D eigenvalue weighted by Gasteiger charge is 2.33. The maximum Gasteiger partial charge on any atom is 0.271 e. The minimum Gasteiger partial charge on any atom is -0.454 e. The van der Waals surface area contributed by atoms with E-state index in [1.54, 1.807) is 0 Å². The lowest BCUT2D eigenvalue weighted by molar-refractivity contribution is -0.0242. The summed E-state index contributed by atoms with van der Waals surface area (Å²) in [6, 6.07) is 22.1. The number of aryl methyl sites for hydroxylation is 1. The van der Waals surface area contributed by atoms with Crippen LogP contribution in [0, 0.1) is 5.92 Å². The van der Waals surface area contributed by atoms with Gasteiger partial charge < -0.3 is 28.8 Å². The second-order valence-corrected chi connectivity index (χ2v) is 11.7. The fourth-order valence-electron chi connectivity index (χ4n) is 6.25. The monoisotopic (exact) mass is 569 g/mol. The van der Waals surface area contributed by atoms with Gasteiger partial charge in [-0.2, -0.15) is 0 Å². The number of aliphatic hydroxyl groups excluding tert-OH is 1. The number of aromatic nitrogens is 1. The van der Waals surface area contributed by atoms with Gasteiger partial charge in [0.1, 0.15) is 5.69 Å². The molecule has 0 aliphatic carbocycles. The molecule has 220 valence electrons. The van der Waals surface area contributed by atoms with E-state index in [1.165, 1.54) is 0 Å². The molecule has 3 aromatic carbocycles. The van der Waals surface area contributed by atoms with Gasteiger partial charge in [-0.1, -0.05) is 55.5 Å². The van der Waals surface area contributed by atoms with E-state index >= 15 is 0 Å². The highest BCUT2D eigenvalue weighted by atomic mass is 16.7. The van der Waals surface area contributed by atoms with Crippen LogP contribution in [0.3, 0.4) is 0 Å². The zero-order valence-electron chi connectivity index (χ0n) is 24.7. The molecule has 42 heavy (non-hydrogen) atoms. The van der Waals surface area contributed by atoms with Gasteiger partial charge >= 0.3 is 0 Å². The lowest BCUT2D eigenvalue weighted by Crippen LogP contribution is -2.47. The average molecular weight is 570 g/mol. The Morgan fingerprint density at radius 3 is 2.64 bits per heavy atom. The van der Waals surface area contributed by atoms with E-state index < -0.39 is 0 Å². The van der Waals surface area contributed by atoms with Crippen molar-refractivity contribution in [2.24, 2.45) is 13.0 Å². The van der Waals surface area contributed by atoms with Gasteiger partial charge in [-0.05, 0) is 48.9 Å². The summed E-state index contributed by atoms with van der Waals surface area (Å²) in [5.41, 5.74) is 5.71. The molecule has 2 aliphatic heterocycles. The van der Waals surface area contributed by atoms with E-state index in [0.29, 0.717) is 31.9 Å². The molecule has 2 aliphatic rings. The number of benzene rings is 3. The van der Waals surface area contributed by atoms with Crippen LogP contribution in [-0.4, -0.2) is 71.1 Å². The largest absolute Gasteiger partial charge is 0.454 e. The molecular weight excluding hydrogens is 530 g/mol. The third-order valence-corrected chi connectivity index (χ3v) is 8.61. The molecule has 6 rings (SSSR count). The minimum absolute atomic E-state index is 0.00514.